The number of aliphatic carboxylic acids is 1. The highest BCUT2D eigenvalue weighted by Crippen LogP contribution is 2.17. The SMILES string of the molecule is CC(OC(=O)C(C)C(C)(C)O)C(=O)O. The zero-order valence-electron chi connectivity index (χ0n) is 8.77. The van der Waals surface area contributed by atoms with Crippen LogP contribution >= 0.6 is 0 Å². The number of ether oxygens (including phenoxy) is 1. The van der Waals surface area contributed by atoms with E-state index in [4.69, 9.17) is 5.11 Å². The molecule has 0 aromatic carbocycles. The van der Waals surface area contributed by atoms with Crippen LogP contribution in [0.4, 0.5) is 0 Å². The first kappa shape index (κ1) is 12.9. The van der Waals surface area contributed by atoms with Crippen molar-refractivity contribution in [1.29, 1.82) is 0 Å². The molecule has 0 aliphatic carbocycles. The van der Waals surface area contributed by atoms with Crippen LogP contribution in [-0.2, 0) is 14.3 Å². The second-order valence-electron chi connectivity index (χ2n) is 3.79. The third-order valence-corrected chi connectivity index (χ3v) is 2.05. The second-order valence-corrected chi connectivity index (χ2v) is 3.79. The van der Waals surface area contributed by atoms with E-state index in [-0.39, 0.29) is 0 Å². The Hall–Kier alpha value is -1.10. The smallest absolute Gasteiger partial charge is 0.344 e. The molecule has 0 amide bonds. The summed E-state index contributed by atoms with van der Waals surface area (Å²) in [4.78, 5) is 21.6. The zero-order chi connectivity index (χ0) is 11.5. The molecular formula is C9H16O5. The monoisotopic (exact) mass is 204 g/mol. The average Bonchev–Trinajstić information content (AvgIpc) is 2.00. The van der Waals surface area contributed by atoms with Gasteiger partial charge in [0.2, 0.25) is 0 Å². The van der Waals surface area contributed by atoms with Gasteiger partial charge in [-0.25, -0.2) is 4.79 Å². The molecule has 2 atom stereocenters. The number of hydrogen-bond donors (Lipinski definition) is 2. The number of carbonyl (C=O) groups is 2. The molecule has 0 spiro atoms. The van der Waals surface area contributed by atoms with Gasteiger partial charge in [0, 0.05) is 0 Å². The lowest BCUT2D eigenvalue weighted by Crippen LogP contribution is -2.38. The van der Waals surface area contributed by atoms with Gasteiger partial charge in [-0.1, -0.05) is 0 Å². The van der Waals surface area contributed by atoms with E-state index in [1.165, 1.54) is 27.7 Å². The fourth-order valence-electron chi connectivity index (χ4n) is 0.615. The largest absolute Gasteiger partial charge is 0.479 e. The molecule has 0 bridgehead atoms. The summed E-state index contributed by atoms with van der Waals surface area (Å²) in [6.45, 7) is 5.67. The molecule has 2 unspecified atom stereocenters. The first-order valence-corrected chi connectivity index (χ1v) is 4.32. The summed E-state index contributed by atoms with van der Waals surface area (Å²) in [5, 5.41) is 17.9. The molecule has 2 N–H and O–H groups in total. The van der Waals surface area contributed by atoms with Gasteiger partial charge in [-0.05, 0) is 27.7 Å². The van der Waals surface area contributed by atoms with Crippen molar-refractivity contribution in [2.45, 2.75) is 39.4 Å². The van der Waals surface area contributed by atoms with Gasteiger partial charge >= 0.3 is 11.9 Å². The van der Waals surface area contributed by atoms with Gasteiger partial charge in [0.15, 0.2) is 6.10 Å². The highest BCUT2D eigenvalue weighted by molar-refractivity contribution is 5.79. The van der Waals surface area contributed by atoms with E-state index in [0.717, 1.165) is 0 Å². The van der Waals surface area contributed by atoms with Crippen LogP contribution in [0.2, 0.25) is 0 Å². The van der Waals surface area contributed by atoms with E-state index in [0.29, 0.717) is 0 Å². The molecule has 0 radical (unpaired) electrons. The molecular weight excluding hydrogens is 188 g/mol. The first-order chi connectivity index (χ1) is 6.16. The van der Waals surface area contributed by atoms with Crippen molar-refractivity contribution < 1.29 is 24.5 Å². The maximum atomic E-state index is 11.3. The predicted octanol–water partition coefficient (Wildman–Crippen LogP) is 0.410. The molecule has 0 aromatic rings. The number of carboxylic acid groups (broad SMARTS) is 1. The van der Waals surface area contributed by atoms with E-state index < -0.39 is 29.6 Å². The van der Waals surface area contributed by atoms with Gasteiger partial charge in [-0.3, -0.25) is 4.79 Å². The maximum absolute atomic E-state index is 11.3. The van der Waals surface area contributed by atoms with E-state index in [2.05, 4.69) is 4.74 Å². The lowest BCUT2D eigenvalue weighted by Gasteiger charge is -2.24. The Morgan fingerprint density at radius 2 is 1.71 bits per heavy atom. The summed E-state index contributed by atoms with van der Waals surface area (Å²) in [5.74, 6) is -2.68. The molecule has 0 aliphatic heterocycles. The number of esters is 1. The van der Waals surface area contributed by atoms with Crippen molar-refractivity contribution in [2.75, 3.05) is 0 Å². The van der Waals surface area contributed by atoms with Gasteiger partial charge < -0.3 is 14.9 Å². The summed E-state index contributed by atoms with van der Waals surface area (Å²) in [6, 6.07) is 0. The number of hydrogen-bond acceptors (Lipinski definition) is 4. The van der Waals surface area contributed by atoms with Gasteiger partial charge in [-0.15, -0.1) is 0 Å². The van der Waals surface area contributed by atoms with Crippen LogP contribution in [0.5, 0.6) is 0 Å². The Bertz CT molecular complexity index is 228. The highest BCUT2D eigenvalue weighted by atomic mass is 16.6. The number of aliphatic hydroxyl groups is 1. The van der Waals surface area contributed by atoms with Crippen molar-refractivity contribution in [3.63, 3.8) is 0 Å². The summed E-state index contributed by atoms with van der Waals surface area (Å²) >= 11 is 0. The van der Waals surface area contributed by atoms with Gasteiger partial charge in [0.1, 0.15) is 0 Å². The molecule has 5 nitrogen and oxygen atoms in total. The molecule has 0 aliphatic rings. The van der Waals surface area contributed by atoms with Gasteiger partial charge in [-0.2, -0.15) is 0 Å². The Balaban J connectivity index is 4.29. The number of carbonyl (C=O) groups excluding carboxylic acids is 1. The van der Waals surface area contributed by atoms with E-state index in [1.807, 2.05) is 0 Å². The van der Waals surface area contributed by atoms with Crippen molar-refractivity contribution >= 4 is 11.9 Å². The summed E-state index contributed by atoms with van der Waals surface area (Å²) in [5.41, 5.74) is -1.21. The van der Waals surface area contributed by atoms with Gasteiger partial charge in [0.25, 0.3) is 0 Å². The van der Waals surface area contributed by atoms with E-state index in [9.17, 15) is 14.7 Å². The number of rotatable bonds is 4. The summed E-state index contributed by atoms with van der Waals surface area (Å²) < 4.78 is 4.60. The summed E-state index contributed by atoms with van der Waals surface area (Å²) in [7, 11) is 0. The predicted molar refractivity (Wildman–Crippen MR) is 48.7 cm³/mol. The quantitative estimate of drug-likeness (QED) is 0.648. The molecule has 0 rings (SSSR count). The van der Waals surface area contributed by atoms with Crippen molar-refractivity contribution in [1.82, 2.24) is 0 Å². The Morgan fingerprint density at radius 1 is 1.29 bits per heavy atom. The van der Waals surface area contributed by atoms with Crippen LogP contribution in [0.15, 0.2) is 0 Å². The average molecular weight is 204 g/mol. The van der Waals surface area contributed by atoms with Crippen LogP contribution < -0.4 is 0 Å². The molecule has 82 valence electrons. The van der Waals surface area contributed by atoms with Crippen LogP contribution in [-0.4, -0.2) is 33.9 Å². The molecule has 5 heteroatoms. The minimum Gasteiger partial charge on any atom is -0.479 e. The van der Waals surface area contributed by atoms with E-state index in [1.54, 1.807) is 0 Å². The summed E-state index contributed by atoms with van der Waals surface area (Å²) in [6.07, 6.45) is -1.19. The lowest BCUT2D eigenvalue weighted by atomic mass is 9.93. The third kappa shape index (κ3) is 3.74. The standard InChI is InChI=1S/C9H16O5/c1-5(9(3,4)13)8(12)14-6(2)7(10)11/h5-6,13H,1-4H3,(H,10,11). The lowest BCUT2D eigenvalue weighted by molar-refractivity contribution is -0.170. The van der Waals surface area contributed by atoms with Crippen LogP contribution in [0, 0.1) is 5.92 Å². The van der Waals surface area contributed by atoms with Crippen LogP contribution in [0.1, 0.15) is 27.7 Å². The van der Waals surface area contributed by atoms with E-state index >= 15 is 0 Å². The van der Waals surface area contributed by atoms with Crippen LogP contribution in [0.3, 0.4) is 0 Å². The zero-order valence-corrected chi connectivity index (χ0v) is 8.77. The Morgan fingerprint density at radius 3 is 2.00 bits per heavy atom. The minimum absolute atomic E-state index is 0.715. The normalized spacial score (nSPS) is 15.8. The molecule has 14 heavy (non-hydrogen) atoms. The van der Waals surface area contributed by atoms with Gasteiger partial charge in [0.05, 0.1) is 11.5 Å². The Labute approximate surface area is 82.7 Å². The Kier molecular flexibility index (Phi) is 4.07. The molecule has 0 saturated heterocycles. The fraction of sp³-hybridized carbons (Fsp3) is 0.778. The topological polar surface area (TPSA) is 83.8 Å². The molecule has 0 heterocycles. The first-order valence-electron chi connectivity index (χ1n) is 4.32. The van der Waals surface area contributed by atoms with Crippen molar-refractivity contribution in [2.24, 2.45) is 5.92 Å². The number of carboxylic acids is 1. The van der Waals surface area contributed by atoms with Crippen molar-refractivity contribution in [3.8, 4) is 0 Å². The second kappa shape index (κ2) is 4.41. The van der Waals surface area contributed by atoms with Crippen LogP contribution in [0.25, 0.3) is 0 Å². The third-order valence-electron chi connectivity index (χ3n) is 2.05. The molecule has 0 fully saturated rings. The maximum Gasteiger partial charge on any atom is 0.344 e. The fourth-order valence-corrected chi connectivity index (χ4v) is 0.615. The highest BCUT2D eigenvalue weighted by Gasteiger charge is 2.32. The molecule has 0 saturated carbocycles. The van der Waals surface area contributed by atoms with Crippen molar-refractivity contribution in [3.05, 3.63) is 0 Å². The minimum atomic E-state index is -1.21. The molecule has 0 aromatic heterocycles.